The van der Waals surface area contributed by atoms with Gasteiger partial charge in [-0.05, 0) is 31.9 Å². The van der Waals surface area contributed by atoms with Crippen molar-refractivity contribution in [2.75, 3.05) is 0 Å². The van der Waals surface area contributed by atoms with E-state index in [1.165, 1.54) is 5.56 Å². The Morgan fingerprint density at radius 2 is 2.27 bits per heavy atom. The molecule has 78 valence electrons. The van der Waals surface area contributed by atoms with Gasteiger partial charge in [0.1, 0.15) is 0 Å². The molecule has 0 N–H and O–H groups in total. The fraction of sp³-hybridized carbons (Fsp3) is 0.214. The molecule has 0 aliphatic carbocycles. The SMILES string of the molecule is C=C(/C=C\C=C/C)Cc1cccnc1C. The van der Waals surface area contributed by atoms with Crippen molar-refractivity contribution in [2.45, 2.75) is 20.3 Å². The molecule has 0 unspecified atom stereocenters. The second-order valence-corrected chi connectivity index (χ2v) is 3.47. The summed E-state index contributed by atoms with van der Waals surface area (Å²) in [6.45, 7) is 8.04. The van der Waals surface area contributed by atoms with Crippen molar-refractivity contribution in [3.8, 4) is 0 Å². The Balaban J connectivity index is 2.63. The van der Waals surface area contributed by atoms with E-state index in [9.17, 15) is 0 Å². The Kier molecular flexibility index (Phi) is 4.55. The molecule has 1 nitrogen and oxygen atoms in total. The van der Waals surface area contributed by atoms with Gasteiger partial charge in [-0.1, -0.05) is 42.5 Å². The molecule has 0 aliphatic rings. The van der Waals surface area contributed by atoms with Gasteiger partial charge in [-0.3, -0.25) is 4.98 Å². The van der Waals surface area contributed by atoms with Gasteiger partial charge in [0.15, 0.2) is 0 Å². The molecule has 1 aromatic rings. The van der Waals surface area contributed by atoms with Crippen molar-refractivity contribution in [3.05, 3.63) is 66.0 Å². The van der Waals surface area contributed by atoms with Gasteiger partial charge in [0.25, 0.3) is 0 Å². The minimum Gasteiger partial charge on any atom is -0.261 e. The lowest BCUT2D eigenvalue weighted by Gasteiger charge is -2.03. The van der Waals surface area contributed by atoms with Crippen molar-refractivity contribution in [1.29, 1.82) is 0 Å². The van der Waals surface area contributed by atoms with E-state index < -0.39 is 0 Å². The number of aromatic nitrogens is 1. The molecule has 0 fully saturated rings. The first-order chi connectivity index (χ1) is 7.24. The van der Waals surface area contributed by atoms with Crippen LogP contribution in [0.1, 0.15) is 18.2 Å². The molecule has 0 saturated heterocycles. The average molecular weight is 199 g/mol. The average Bonchev–Trinajstić information content (AvgIpc) is 2.22. The van der Waals surface area contributed by atoms with Crippen molar-refractivity contribution >= 4 is 0 Å². The normalized spacial score (nSPS) is 11.3. The summed E-state index contributed by atoms with van der Waals surface area (Å²) in [4.78, 5) is 4.25. The van der Waals surface area contributed by atoms with Crippen molar-refractivity contribution in [3.63, 3.8) is 0 Å². The molecule has 0 aromatic carbocycles. The molecule has 0 bridgehead atoms. The fourth-order valence-electron chi connectivity index (χ4n) is 1.31. The number of pyridine rings is 1. The molecule has 1 aromatic heterocycles. The van der Waals surface area contributed by atoms with Gasteiger partial charge in [0.2, 0.25) is 0 Å². The lowest BCUT2D eigenvalue weighted by atomic mass is 10.1. The van der Waals surface area contributed by atoms with E-state index in [2.05, 4.69) is 17.6 Å². The van der Waals surface area contributed by atoms with Gasteiger partial charge in [0, 0.05) is 11.9 Å². The third-order valence-corrected chi connectivity index (χ3v) is 2.17. The molecule has 1 heterocycles. The molecule has 0 saturated carbocycles. The highest BCUT2D eigenvalue weighted by molar-refractivity contribution is 5.29. The fourth-order valence-corrected chi connectivity index (χ4v) is 1.31. The van der Waals surface area contributed by atoms with Crippen LogP contribution in [0.2, 0.25) is 0 Å². The molecule has 0 aliphatic heterocycles. The zero-order valence-corrected chi connectivity index (χ0v) is 9.40. The first-order valence-corrected chi connectivity index (χ1v) is 5.11. The lowest BCUT2D eigenvalue weighted by molar-refractivity contribution is 1.08. The predicted molar refractivity (Wildman–Crippen MR) is 65.8 cm³/mol. The second kappa shape index (κ2) is 5.97. The van der Waals surface area contributed by atoms with Gasteiger partial charge in [-0.25, -0.2) is 0 Å². The predicted octanol–water partition coefficient (Wildman–Crippen LogP) is 3.62. The zero-order valence-electron chi connectivity index (χ0n) is 9.40. The minimum absolute atomic E-state index is 0.869. The summed E-state index contributed by atoms with van der Waals surface area (Å²) in [6, 6.07) is 4.06. The Morgan fingerprint density at radius 3 is 2.93 bits per heavy atom. The maximum Gasteiger partial charge on any atom is 0.0407 e. The third kappa shape index (κ3) is 3.94. The molecule has 0 amide bonds. The Morgan fingerprint density at radius 1 is 1.47 bits per heavy atom. The van der Waals surface area contributed by atoms with Gasteiger partial charge in [0.05, 0.1) is 0 Å². The van der Waals surface area contributed by atoms with E-state index in [4.69, 9.17) is 0 Å². The van der Waals surface area contributed by atoms with E-state index in [0.29, 0.717) is 0 Å². The first-order valence-electron chi connectivity index (χ1n) is 5.11. The van der Waals surface area contributed by atoms with Crippen molar-refractivity contribution in [2.24, 2.45) is 0 Å². The molecule has 15 heavy (non-hydrogen) atoms. The topological polar surface area (TPSA) is 12.9 Å². The van der Waals surface area contributed by atoms with E-state index in [1.54, 1.807) is 0 Å². The molecule has 1 rings (SSSR count). The Hall–Kier alpha value is -1.63. The lowest BCUT2D eigenvalue weighted by Crippen LogP contribution is -1.92. The van der Waals surface area contributed by atoms with E-state index in [-0.39, 0.29) is 0 Å². The van der Waals surface area contributed by atoms with Crippen LogP contribution in [0.4, 0.5) is 0 Å². The number of aryl methyl sites for hydroxylation is 1. The van der Waals surface area contributed by atoms with Crippen LogP contribution in [0.25, 0.3) is 0 Å². The number of allylic oxidation sites excluding steroid dienone is 5. The highest BCUT2D eigenvalue weighted by Crippen LogP contribution is 2.10. The van der Waals surface area contributed by atoms with Crippen LogP contribution in [-0.2, 0) is 6.42 Å². The van der Waals surface area contributed by atoms with Crippen LogP contribution < -0.4 is 0 Å². The van der Waals surface area contributed by atoms with E-state index in [0.717, 1.165) is 17.7 Å². The standard InChI is InChI=1S/C14H17N/c1-4-5-6-8-12(2)11-14-9-7-10-15-13(14)3/h4-10H,2,11H2,1,3H3/b5-4-,8-6-. The number of hydrogen-bond acceptors (Lipinski definition) is 1. The molecule has 0 atom stereocenters. The number of hydrogen-bond donors (Lipinski definition) is 0. The van der Waals surface area contributed by atoms with Gasteiger partial charge in [-0.15, -0.1) is 0 Å². The van der Waals surface area contributed by atoms with E-state index >= 15 is 0 Å². The summed E-state index contributed by atoms with van der Waals surface area (Å²) in [6.07, 6.45) is 10.7. The van der Waals surface area contributed by atoms with Crippen molar-refractivity contribution < 1.29 is 0 Å². The zero-order chi connectivity index (χ0) is 11.1. The molecular weight excluding hydrogens is 182 g/mol. The first kappa shape index (κ1) is 11.4. The summed E-state index contributed by atoms with van der Waals surface area (Å²) in [5.41, 5.74) is 3.43. The highest BCUT2D eigenvalue weighted by Gasteiger charge is 1.98. The third-order valence-electron chi connectivity index (χ3n) is 2.17. The molecule has 1 heteroatoms. The van der Waals surface area contributed by atoms with Gasteiger partial charge < -0.3 is 0 Å². The Labute approximate surface area is 91.9 Å². The maximum atomic E-state index is 4.25. The number of rotatable bonds is 4. The van der Waals surface area contributed by atoms with Crippen LogP contribution in [0, 0.1) is 6.92 Å². The van der Waals surface area contributed by atoms with Crippen LogP contribution >= 0.6 is 0 Å². The summed E-state index contributed by atoms with van der Waals surface area (Å²) in [5.74, 6) is 0. The molecule has 0 radical (unpaired) electrons. The second-order valence-electron chi connectivity index (χ2n) is 3.47. The van der Waals surface area contributed by atoms with Crippen LogP contribution in [0.5, 0.6) is 0 Å². The van der Waals surface area contributed by atoms with E-state index in [1.807, 2.05) is 50.4 Å². The van der Waals surface area contributed by atoms with Crippen molar-refractivity contribution in [1.82, 2.24) is 4.98 Å². The maximum absolute atomic E-state index is 4.25. The number of nitrogens with zero attached hydrogens (tertiary/aromatic N) is 1. The monoisotopic (exact) mass is 199 g/mol. The highest BCUT2D eigenvalue weighted by atomic mass is 14.7. The molecular formula is C14H17N. The van der Waals surface area contributed by atoms with Gasteiger partial charge >= 0.3 is 0 Å². The quantitative estimate of drug-likeness (QED) is 0.675. The summed E-state index contributed by atoms with van der Waals surface area (Å²) < 4.78 is 0. The minimum atomic E-state index is 0.869. The van der Waals surface area contributed by atoms with Gasteiger partial charge in [-0.2, -0.15) is 0 Å². The summed E-state index contributed by atoms with van der Waals surface area (Å²) >= 11 is 0. The largest absolute Gasteiger partial charge is 0.261 e. The van der Waals surface area contributed by atoms with Crippen LogP contribution in [0.3, 0.4) is 0 Å². The Bertz CT molecular complexity index is 386. The summed E-state index contributed by atoms with van der Waals surface area (Å²) in [5, 5.41) is 0. The molecule has 0 spiro atoms. The smallest absolute Gasteiger partial charge is 0.0407 e. The summed E-state index contributed by atoms with van der Waals surface area (Å²) in [7, 11) is 0. The van der Waals surface area contributed by atoms with Crippen LogP contribution in [0.15, 0.2) is 54.8 Å². The van der Waals surface area contributed by atoms with Crippen LogP contribution in [-0.4, -0.2) is 4.98 Å².